The van der Waals surface area contributed by atoms with E-state index in [1.165, 1.54) is 0 Å². The van der Waals surface area contributed by atoms with Gasteiger partial charge in [0, 0.05) is 25.0 Å². The minimum absolute atomic E-state index is 0.113. The van der Waals surface area contributed by atoms with Crippen molar-refractivity contribution in [3.8, 4) is 0 Å². The molecule has 2 aromatic heterocycles. The van der Waals surface area contributed by atoms with Crippen LogP contribution in [-0.2, 0) is 7.05 Å². The third kappa shape index (κ3) is 2.95. The van der Waals surface area contributed by atoms with Gasteiger partial charge in [-0.25, -0.2) is 4.98 Å². The summed E-state index contributed by atoms with van der Waals surface area (Å²) in [6.07, 6.45) is 3.24. The van der Waals surface area contributed by atoms with Crippen LogP contribution in [0.5, 0.6) is 0 Å². The fraction of sp³-hybridized carbons (Fsp3) is 0.278. The number of aromatic nitrogens is 3. The molecule has 0 saturated carbocycles. The second-order valence-electron chi connectivity index (χ2n) is 5.95. The van der Waals surface area contributed by atoms with E-state index in [-0.39, 0.29) is 17.9 Å². The number of carbonyl (C=O) groups excluding carboxylic acids is 1. The number of aryl methyl sites for hydroxylation is 1. The summed E-state index contributed by atoms with van der Waals surface area (Å²) >= 11 is 0. The number of benzene rings is 1. The van der Waals surface area contributed by atoms with Crippen LogP contribution in [0.2, 0.25) is 0 Å². The molecule has 1 N–H and O–H groups in total. The Morgan fingerprint density at radius 2 is 1.83 bits per heavy atom. The Morgan fingerprint density at radius 3 is 2.48 bits per heavy atom. The standard InChI is InChI=1S/C18H20N4O/c1-12(2)16(21-18(23)13-8-10-19-11-9-13)17-20-14-6-4-5-7-15(14)22(17)3/h4-12,16H,1-3H3,(H,21,23)/t16-/m1/s1. The summed E-state index contributed by atoms with van der Waals surface area (Å²) in [5, 5.41) is 3.10. The Bertz CT molecular complexity index is 823. The van der Waals surface area contributed by atoms with E-state index in [1.807, 2.05) is 35.9 Å². The monoisotopic (exact) mass is 308 g/mol. The van der Waals surface area contributed by atoms with Gasteiger partial charge in [-0.1, -0.05) is 26.0 Å². The lowest BCUT2D eigenvalue weighted by Gasteiger charge is -2.22. The fourth-order valence-corrected chi connectivity index (χ4v) is 2.70. The molecule has 1 atom stereocenters. The SMILES string of the molecule is CC(C)[C@@H](NC(=O)c1ccncc1)c1nc2ccccc2n1C. The summed E-state index contributed by atoms with van der Waals surface area (Å²) in [7, 11) is 1.98. The molecule has 0 spiro atoms. The van der Waals surface area contributed by atoms with Crippen molar-refractivity contribution >= 4 is 16.9 Å². The molecule has 2 heterocycles. The number of pyridine rings is 1. The lowest BCUT2D eigenvalue weighted by Crippen LogP contribution is -2.33. The number of hydrogen-bond acceptors (Lipinski definition) is 3. The summed E-state index contributed by atoms with van der Waals surface area (Å²) in [5.74, 6) is 0.970. The van der Waals surface area contributed by atoms with Gasteiger partial charge in [0.1, 0.15) is 5.82 Å². The summed E-state index contributed by atoms with van der Waals surface area (Å²) in [4.78, 5) is 21.1. The number of fused-ring (bicyclic) bond motifs is 1. The number of imidazole rings is 1. The number of carbonyl (C=O) groups is 1. The summed E-state index contributed by atoms with van der Waals surface area (Å²) in [6, 6.07) is 11.2. The fourth-order valence-electron chi connectivity index (χ4n) is 2.70. The number of rotatable bonds is 4. The quantitative estimate of drug-likeness (QED) is 0.805. The highest BCUT2D eigenvalue weighted by Crippen LogP contribution is 2.25. The number of amides is 1. The molecule has 0 fully saturated rings. The van der Waals surface area contributed by atoms with Crippen molar-refractivity contribution in [2.24, 2.45) is 13.0 Å². The van der Waals surface area contributed by atoms with Crippen molar-refractivity contribution in [2.75, 3.05) is 0 Å². The van der Waals surface area contributed by atoms with Crippen LogP contribution in [0.15, 0.2) is 48.8 Å². The second kappa shape index (κ2) is 6.20. The van der Waals surface area contributed by atoms with Gasteiger partial charge in [0.05, 0.1) is 17.1 Å². The van der Waals surface area contributed by atoms with Crippen LogP contribution in [0, 0.1) is 5.92 Å². The van der Waals surface area contributed by atoms with Crippen LogP contribution in [0.3, 0.4) is 0 Å². The van der Waals surface area contributed by atoms with Gasteiger partial charge < -0.3 is 9.88 Å². The first-order valence-electron chi connectivity index (χ1n) is 7.70. The summed E-state index contributed by atoms with van der Waals surface area (Å²) < 4.78 is 2.05. The molecule has 3 rings (SSSR count). The van der Waals surface area contributed by atoms with Crippen LogP contribution in [0.4, 0.5) is 0 Å². The molecule has 1 amide bonds. The van der Waals surface area contributed by atoms with Gasteiger partial charge in [0.2, 0.25) is 0 Å². The molecule has 5 heteroatoms. The van der Waals surface area contributed by atoms with Gasteiger partial charge in [0.15, 0.2) is 0 Å². The smallest absolute Gasteiger partial charge is 0.251 e. The topological polar surface area (TPSA) is 59.8 Å². The number of para-hydroxylation sites is 2. The minimum Gasteiger partial charge on any atom is -0.342 e. The molecule has 118 valence electrons. The zero-order chi connectivity index (χ0) is 16.4. The number of nitrogens with one attached hydrogen (secondary N) is 1. The van der Waals surface area contributed by atoms with E-state index < -0.39 is 0 Å². The van der Waals surface area contributed by atoms with E-state index in [1.54, 1.807) is 24.5 Å². The van der Waals surface area contributed by atoms with E-state index in [4.69, 9.17) is 4.98 Å². The van der Waals surface area contributed by atoms with Crippen LogP contribution < -0.4 is 5.32 Å². The molecule has 3 aromatic rings. The Labute approximate surface area is 135 Å². The first-order valence-corrected chi connectivity index (χ1v) is 7.70. The summed E-state index contributed by atoms with van der Waals surface area (Å²) in [6.45, 7) is 4.16. The zero-order valence-corrected chi connectivity index (χ0v) is 13.5. The van der Waals surface area contributed by atoms with Gasteiger partial charge in [-0.05, 0) is 30.2 Å². The van der Waals surface area contributed by atoms with Crippen LogP contribution >= 0.6 is 0 Å². The van der Waals surface area contributed by atoms with Crippen molar-refractivity contribution in [1.82, 2.24) is 19.9 Å². The largest absolute Gasteiger partial charge is 0.342 e. The third-order valence-corrected chi connectivity index (χ3v) is 4.00. The average Bonchev–Trinajstić information content (AvgIpc) is 2.90. The molecule has 0 saturated heterocycles. The van der Waals surface area contributed by atoms with E-state index in [2.05, 4.69) is 24.1 Å². The van der Waals surface area contributed by atoms with Crippen molar-refractivity contribution in [3.63, 3.8) is 0 Å². The molecule has 1 aromatic carbocycles. The van der Waals surface area contributed by atoms with E-state index in [0.717, 1.165) is 16.9 Å². The highest BCUT2D eigenvalue weighted by molar-refractivity contribution is 5.94. The molecular weight excluding hydrogens is 288 g/mol. The molecule has 0 aliphatic heterocycles. The van der Waals surface area contributed by atoms with Crippen molar-refractivity contribution in [2.45, 2.75) is 19.9 Å². The third-order valence-electron chi connectivity index (χ3n) is 4.00. The maximum atomic E-state index is 12.5. The molecule has 0 bridgehead atoms. The maximum Gasteiger partial charge on any atom is 0.251 e. The zero-order valence-electron chi connectivity index (χ0n) is 13.5. The van der Waals surface area contributed by atoms with Crippen molar-refractivity contribution in [3.05, 3.63) is 60.2 Å². The molecule has 5 nitrogen and oxygen atoms in total. The van der Waals surface area contributed by atoms with E-state index in [0.29, 0.717) is 5.56 Å². The van der Waals surface area contributed by atoms with Crippen molar-refractivity contribution < 1.29 is 4.79 Å². The minimum atomic E-state index is -0.159. The number of hydrogen-bond donors (Lipinski definition) is 1. The maximum absolute atomic E-state index is 12.5. The van der Waals surface area contributed by atoms with E-state index >= 15 is 0 Å². The normalized spacial score (nSPS) is 12.5. The predicted octanol–water partition coefficient (Wildman–Crippen LogP) is 3.10. The van der Waals surface area contributed by atoms with Crippen molar-refractivity contribution in [1.29, 1.82) is 0 Å². The second-order valence-corrected chi connectivity index (χ2v) is 5.95. The van der Waals surface area contributed by atoms with Crippen LogP contribution in [0.1, 0.15) is 36.1 Å². The van der Waals surface area contributed by atoms with E-state index in [9.17, 15) is 4.79 Å². The van der Waals surface area contributed by atoms with Gasteiger partial charge >= 0.3 is 0 Å². The molecular formula is C18H20N4O. The van der Waals surface area contributed by atoms with Gasteiger partial charge in [-0.15, -0.1) is 0 Å². The van der Waals surface area contributed by atoms with Crippen LogP contribution in [0.25, 0.3) is 11.0 Å². The molecule has 23 heavy (non-hydrogen) atoms. The van der Waals surface area contributed by atoms with Gasteiger partial charge in [-0.2, -0.15) is 0 Å². The Morgan fingerprint density at radius 1 is 1.13 bits per heavy atom. The highest BCUT2D eigenvalue weighted by atomic mass is 16.1. The molecule has 0 unspecified atom stereocenters. The predicted molar refractivity (Wildman–Crippen MR) is 90.0 cm³/mol. The lowest BCUT2D eigenvalue weighted by atomic mass is 10.0. The molecule has 0 aliphatic carbocycles. The lowest BCUT2D eigenvalue weighted by molar-refractivity contribution is 0.0922. The van der Waals surface area contributed by atoms with Gasteiger partial charge in [-0.3, -0.25) is 9.78 Å². The van der Waals surface area contributed by atoms with Crippen LogP contribution in [-0.4, -0.2) is 20.4 Å². The Hall–Kier alpha value is -2.69. The first-order chi connectivity index (χ1) is 11.1. The average molecular weight is 308 g/mol. The molecule has 0 radical (unpaired) electrons. The Balaban J connectivity index is 1.95. The first kappa shape index (κ1) is 15.2. The molecule has 0 aliphatic rings. The van der Waals surface area contributed by atoms with Gasteiger partial charge in [0.25, 0.3) is 5.91 Å². The summed E-state index contributed by atoms with van der Waals surface area (Å²) in [5.41, 5.74) is 2.60. The highest BCUT2D eigenvalue weighted by Gasteiger charge is 2.24. The number of nitrogens with zero attached hydrogens (tertiary/aromatic N) is 3. The Kier molecular flexibility index (Phi) is 4.10.